The molecule has 18 heavy (non-hydrogen) atoms. The zero-order chi connectivity index (χ0) is 11.9. The van der Waals surface area contributed by atoms with Gasteiger partial charge in [-0.15, -0.1) is 6.54 Å². The third-order valence-electron chi connectivity index (χ3n) is 2.55. The van der Waals surface area contributed by atoms with Gasteiger partial charge in [0.05, 0.1) is 0 Å². The van der Waals surface area contributed by atoms with Crippen LogP contribution in [0.3, 0.4) is 0 Å². The first-order valence-corrected chi connectivity index (χ1v) is 6.58. The second-order valence-corrected chi connectivity index (χ2v) is 4.93. The van der Waals surface area contributed by atoms with E-state index in [1.807, 2.05) is 24.9 Å². The molecule has 1 nitrogen and oxygen atoms in total. The number of likely N-dealkylation sites (N-methyl/N-ethyl adjacent to an activating group) is 1. The van der Waals surface area contributed by atoms with Crippen LogP contribution in [-0.2, 0) is 6.42 Å². The molecule has 0 fully saturated rings. The van der Waals surface area contributed by atoms with Gasteiger partial charge in [0.25, 0.3) is 0 Å². The van der Waals surface area contributed by atoms with E-state index >= 15 is 0 Å². The molecule has 2 aromatic carbocycles. The Morgan fingerprint density at radius 2 is 1.61 bits per heavy atom. The van der Waals surface area contributed by atoms with Crippen LogP contribution in [0.1, 0.15) is 5.56 Å². The van der Waals surface area contributed by atoms with Crippen LogP contribution in [0.15, 0.2) is 64.4 Å². The second-order valence-electron chi connectivity index (χ2n) is 3.81. The molecular formula is C15H16LiNS. The maximum Gasteiger partial charge on any atom is 1.00 e. The summed E-state index contributed by atoms with van der Waals surface area (Å²) in [6.07, 6.45) is 1.02. The minimum absolute atomic E-state index is 0. The summed E-state index contributed by atoms with van der Waals surface area (Å²) in [5.41, 5.74) is 1.38. The number of hydrogen-bond acceptors (Lipinski definition) is 1. The van der Waals surface area contributed by atoms with Crippen LogP contribution in [0.4, 0.5) is 0 Å². The molecule has 0 aliphatic carbocycles. The SMILES string of the molecule is C[N-]CCc1ccccc1Sc1ccccc1.[Li+]. The van der Waals surface area contributed by atoms with Gasteiger partial charge in [0.1, 0.15) is 0 Å². The van der Waals surface area contributed by atoms with E-state index in [-0.39, 0.29) is 18.9 Å². The van der Waals surface area contributed by atoms with Crippen LogP contribution in [0.5, 0.6) is 0 Å². The summed E-state index contributed by atoms with van der Waals surface area (Å²) >= 11 is 1.82. The van der Waals surface area contributed by atoms with Gasteiger partial charge in [-0.05, 0) is 30.2 Å². The Labute approximate surface area is 126 Å². The monoisotopic (exact) mass is 249 g/mol. The van der Waals surface area contributed by atoms with E-state index in [1.54, 1.807) is 0 Å². The topological polar surface area (TPSA) is 14.1 Å². The van der Waals surface area contributed by atoms with E-state index in [0.29, 0.717) is 0 Å². The fraction of sp³-hybridized carbons (Fsp3) is 0.200. The maximum atomic E-state index is 4.17. The number of nitrogens with zero attached hydrogens (tertiary/aromatic N) is 1. The molecule has 2 rings (SSSR count). The molecule has 2 aromatic rings. The predicted octanol–water partition coefficient (Wildman–Crippen LogP) is 1.39. The molecule has 0 atom stereocenters. The largest absolute Gasteiger partial charge is 1.00 e. The Morgan fingerprint density at radius 1 is 0.944 bits per heavy atom. The van der Waals surface area contributed by atoms with Crippen LogP contribution in [-0.4, -0.2) is 13.6 Å². The zero-order valence-corrected chi connectivity index (χ0v) is 11.8. The van der Waals surface area contributed by atoms with E-state index in [9.17, 15) is 0 Å². The fourth-order valence-corrected chi connectivity index (χ4v) is 2.65. The van der Waals surface area contributed by atoms with Gasteiger partial charge in [-0.2, -0.15) is 7.05 Å². The first-order chi connectivity index (χ1) is 8.40. The van der Waals surface area contributed by atoms with E-state index in [1.165, 1.54) is 15.4 Å². The summed E-state index contributed by atoms with van der Waals surface area (Å²) in [7, 11) is 1.87. The van der Waals surface area contributed by atoms with Crippen LogP contribution in [0.2, 0.25) is 0 Å². The van der Waals surface area contributed by atoms with Gasteiger partial charge in [0.15, 0.2) is 0 Å². The van der Waals surface area contributed by atoms with E-state index in [0.717, 1.165) is 13.0 Å². The fourth-order valence-electron chi connectivity index (χ4n) is 1.66. The van der Waals surface area contributed by atoms with Gasteiger partial charge < -0.3 is 5.32 Å². The van der Waals surface area contributed by atoms with Crippen molar-refractivity contribution >= 4 is 11.8 Å². The minimum atomic E-state index is 0. The average molecular weight is 249 g/mol. The Hall–Kier alpha value is -0.653. The van der Waals surface area contributed by atoms with Gasteiger partial charge >= 0.3 is 18.9 Å². The molecule has 0 radical (unpaired) electrons. The smallest absolute Gasteiger partial charge is 0.665 e. The van der Waals surface area contributed by atoms with Crippen molar-refractivity contribution in [3.63, 3.8) is 0 Å². The Bertz CT molecular complexity index is 459. The standard InChI is InChI=1S/C15H16NS.Li/c1-16-12-11-13-7-5-6-10-15(13)17-14-8-3-2-4-9-14;/h2-10H,11-12H2,1H3;/q-1;+1. The minimum Gasteiger partial charge on any atom is -0.665 e. The summed E-state index contributed by atoms with van der Waals surface area (Å²) in [6.45, 7) is 0.895. The van der Waals surface area contributed by atoms with E-state index in [2.05, 4.69) is 53.8 Å². The first kappa shape index (κ1) is 15.4. The number of benzene rings is 2. The molecule has 0 bridgehead atoms. The molecular weight excluding hydrogens is 233 g/mol. The van der Waals surface area contributed by atoms with Crippen molar-refractivity contribution < 1.29 is 18.9 Å². The molecule has 0 spiro atoms. The molecule has 0 heterocycles. The summed E-state index contributed by atoms with van der Waals surface area (Å²) in [6, 6.07) is 19.1. The summed E-state index contributed by atoms with van der Waals surface area (Å²) in [4.78, 5) is 2.62. The van der Waals surface area contributed by atoms with Crippen molar-refractivity contribution in [1.82, 2.24) is 0 Å². The van der Waals surface area contributed by atoms with Crippen molar-refractivity contribution in [3.05, 3.63) is 65.5 Å². The summed E-state index contributed by atoms with van der Waals surface area (Å²) in [5.74, 6) is 0. The summed E-state index contributed by atoms with van der Waals surface area (Å²) in [5, 5.41) is 4.17. The molecule has 0 amide bonds. The van der Waals surface area contributed by atoms with E-state index in [4.69, 9.17) is 0 Å². The first-order valence-electron chi connectivity index (χ1n) is 5.76. The quantitative estimate of drug-likeness (QED) is 0.730. The second kappa shape index (κ2) is 8.45. The van der Waals surface area contributed by atoms with Crippen molar-refractivity contribution in [2.45, 2.75) is 16.2 Å². The molecule has 88 valence electrons. The maximum absolute atomic E-state index is 4.17. The summed E-state index contributed by atoms with van der Waals surface area (Å²) < 4.78 is 0. The van der Waals surface area contributed by atoms with Crippen molar-refractivity contribution in [3.8, 4) is 0 Å². The molecule has 0 saturated heterocycles. The Kier molecular flexibility index (Phi) is 7.23. The third kappa shape index (κ3) is 4.55. The van der Waals surface area contributed by atoms with Gasteiger partial charge in [-0.3, -0.25) is 0 Å². The van der Waals surface area contributed by atoms with Gasteiger partial charge in [-0.1, -0.05) is 48.2 Å². The molecule has 0 aliphatic heterocycles. The van der Waals surface area contributed by atoms with Gasteiger partial charge in [-0.25, -0.2) is 0 Å². The molecule has 3 heteroatoms. The molecule has 0 unspecified atom stereocenters. The average Bonchev–Trinajstić information content (AvgIpc) is 2.39. The molecule has 0 aliphatic rings. The Morgan fingerprint density at radius 3 is 2.33 bits per heavy atom. The Balaban J connectivity index is 0.00000162. The number of rotatable bonds is 5. The third-order valence-corrected chi connectivity index (χ3v) is 3.67. The van der Waals surface area contributed by atoms with Crippen molar-refractivity contribution in [2.75, 3.05) is 13.6 Å². The van der Waals surface area contributed by atoms with E-state index < -0.39 is 0 Å². The number of hydrogen-bond donors (Lipinski definition) is 0. The van der Waals surface area contributed by atoms with Gasteiger partial charge in [0.2, 0.25) is 0 Å². The predicted molar refractivity (Wildman–Crippen MR) is 74.9 cm³/mol. The molecule has 0 aromatic heterocycles. The normalized spacial score (nSPS) is 9.83. The van der Waals surface area contributed by atoms with Crippen LogP contribution >= 0.6 is 11.8 Å². The van der Waals surface area contributed by atoms with Crippen LogP contribution < -0.4 is 18.9 Å². The van der Waals surface area contributed by atoms with Gasteiger partial charge in [0, 0.05) is 9.79 Å². The van der Waals surface area contributed by atoms with Crippen LogP contribution in [0.25, 0.3) is 5.32 Å². The van der Waals surface area contributed by atoms with Crippen LogP contribution in [0, 0.1) is 0 Å². The van der Waals surface area contributed by atoms with Crippen molar-refractivity contribution in [2.24, 2.45) is 0 Å². The van der Waals surface area contributed by atoms with Crippen molar-refractivity contribution in [1.29, 1.82) is 0 Å². The zero-order valence-electron chi connectivity index (χ0n) is 11.0. The molecule has 0 saturated carbocycles. The molecule has 0 N–H and O–H groups in total.